The van der Waals surface area contributed by atoms with Crippen LogP contribution in [-0.2, 0) is 6.54 Å². The Kier molecular flexibility index (Phi) is 4.90. The van der Waals surface area contributed by atoms with Crippen molar-refractivity contribution in [2.24, 2.45) is 0 Å². The molecular formula is C19H19N3O3S. The number of nitrogens with zero attached hydrogens (tertiary/aromatic N) is 1. The predicted octanol–water partition coefficient (Wildman–Crippen LogP) is 2.82. The van der Waals surface area contributed by atoms with Gasteiger partial charge in [0.1, 0.15) is 5.56 Å². The molecule has 1 amide bonds. The van der Waals surface area contributed by atoms with Crippen LogP contribution in [0.25, 0.3) is 0 Å². The van der Waals surface area contributed by atoms with E-state index in [0.29, 0.717) is 5.69 Å². The fourth-order valence-corrected chi connectivity index (χ4v) is 3.63. The Morgan fingerprint density at radius 3 is 2.50 bits per heavy atom. The summed E-state index contributed by atoms with van der Waals surface area (Å²) in [7, 11) is 0. The first-order valence-electron chi connectivity index (χ1n) is 8.11. The van der Waals surface area contributed by atoms with Gasteiger partial charge < -0.3 is 10.3 Å². The van der Waals surface area contributed by atoms with Crippen LogP contribution in [0.4, 0.5) is 5.69 Å². The van der Waals surface area contributed by atoms with Gasteiger partial charge in [0.25, 0.3) is 11.5 Å². The highest BCUT2D eigenvalue weighted by Gasteiger charge is 2.17. The van der Waals surface area contributed by atoms with Crippen molar-refractivity contribution in [3.8, 4) is 0 Å². The molecule has 0 unspecified atom stereocenters. The third-order valence-electron chi connectivity index (χ3n) is 4.11. The maximum absolute atomic E-state index is 12.7. The number of carbonyl (C=O) groups is 1. The number of aryl methyl sites for hydroxylation is 3. The smallest absolute Gasteiger partial charge is 0.321 e. The summed E-state index contributed by atoms with van der Waals surface area (Å²) in [5, 5.41) is 4.67. The molecule has 0 aliphatic rings. The number of nitrogens with one attached hydrogen (secondary N) is 2. The van der Waals surface area contributed by atoms with E-state index in [1.807, 2.05) is 50.4 Å². The molecule has 0 saturated carbocycles. The Balaban J connectivity index is 1.96. The van der Waals surface area contributed by atoms with Gasteiger partial charge in [-0.15, -0.1) is 11.3 Å². The molecule has 0 saturated heterocycles. The van der Waals surface area contributed by atoms with E-state index in [1.165, 1.54) is 17.5 Å². The summed E-state index contributed by atoms with van der Waals surface area (Å²) in [6.45, 7) is 5.92. The number of aromatic amines is 1. The molecular weight excluding hydrogens is 350 g/mol. The zero-order valence-corrected chi connectivity index (χ0v) is 15.6. The van der Waals surface area contributed by atoms with Crippen LogP contribution >= 0.6 is 11.3 Å². The molecule has 26 heavy (non-hydrogen) atoms. The molecule has 0 aliphatic carbocycles. The van der Waals surface area contributed by atoms with Gasteiger partial charge >= 0.3 is 5.69 Å². The first kappa shape index (κ1) is 17.9. The average Bonchev–Trinajstić information content (AvgIpc) is 3.07. The number of hydrogen-bond donors (Lipinski definition) is 2. The van der Waals surface area contributed by atoms with Crippen LogP contribution in [0.5, 0.6) is 0 Å². The van der Waals surface area contributed by atoms with Crippen LogP contribution in [0, 0.1) is 20.8 Å². The van der Waals surface area contributed by atoms with Crippen molar-refractivity contribution in [1.29, 1.82) is 0 Å². The molecule has 0 spiro atoms. The normalized spacial score (nSPS) is 10.7. The summed E-state index contributed by atoms with van der Waals surface area (Å²) in [5.74, 6) is -0.541. The number of anilines is 1. The molecule has 3 rings (SSSR count). The van der Waals surface area contributed by atoms with Crippen molar-refractivity contribution < 1.29 is 4.79 Å². The van der Waals surface area contributed by atoms with Gasteiger partial charge in [-0.05, 0) is 43.3 Å². The predicted molar refractivity (Wildman–Crippen MR) is 103 cm³/mol. The lowest BCUT2D eigenvalue weighted by molar-refractivity contribution is 0.102. The molecule has 1 aromatic carbocycles. The monoisotopic (exact) mass is 369 g/mol. The molecule has 0 bridgehead atoms. The highest BCUT2D eigenvalue weighted by atomic mass is 32.1. The van der Waals surface area contributed by atoms with Gasteiger partial charge in [0.05, 0.1) is 6.54 Å². The number of amides is 1. The number of thiophene rings is 1. The van der Waals surface area contributed by atoms with Crippen molar-refractivity contribution in [2.45, 2.75) is 27.3 Å². The fourth-order valence-electron chi connectivity index (χ4n) is 2.93. The number of H-pyrrole nitrogens is 1. The molecule has 2 aromatic heterocycles. The van der Waals surface area contributed by atoms with E-state index in [-0.39, 0.29) is 12.1 Å². The summed E-state index contributed by atoms with van der Waals surface area (Å²) in [4.78, 5) is 40.7. The zero-order valence-electron chi connectivity index (χ0n) is 14.8. The van der Waals surface area contributed by atoms with Gasteiger partial charge in [-0.2, -0.15) is 0 Å². The van der Waals surface area contributed by atoms with Crippen molar-refractivity contribution >= 4 is 22.9 Å². The number of carbonyl (C=O) groups excluding carboxylic acids is 1. The molecule has 0 radical (unpaired) electrons. The van der Waals surface area contributed by atoms with E-state index in [1.54, 1.807) is 0 Å². The maximum atomic E-state index is 12.7. The third kappa shape index (κ3) is 3.52. The number of benzene rings is 1. The topological polar surface area (TPSA) is 84.0 Å². The van der Waals surface area contributed by atoms with Gasteiger partial charge in [-0.3, -0.25) is 14.2 Å². The molecule has 0 atom stereocenters. The summed E-state index contributed by atoms with van der Waals surface area (Å²) in [5.41, 5.74) is 2.36. The highest BCUT2D eigenvalue weighted by Crippen LogP contribution is 2.22. The molecule has 2 heterocycles. The Morgan fingerprint density at radius 1 is 1.19 bits per heavy atom. The van der Waals surface area contributed by atoms with Gasteiger partial charge in [-0.25, -0.2) is 4.79 Å². The lowest BCUT2D eigenvalue weighted by Gasteiger charge is -2.13. The lowest BCUT2D eigenvalue weighted by Crippen LogP contribution is -2.39. The quantitative estimate of drug-likeness (QED) is 0.742. The minimum atomic E-state index is -0.609. The Morgan fingerprint density at radius 2 is 1.88 bits per heavy atom. The molecule has 7 heteroatoms. The van der Waals surface area contributed by atoms with Gasteiger partial charge in [0.15, 0.2) is 0 Å². The summed E-state index contributed by atoms with van der Waals surface area (Å²) in [6, 6.07) is 7.61. The van der Waals surface area contributed by atoms with E-state index in [4.69, 9.17) is 0 Å². The summed E-state index contributed by atoms with van der Waals surface area (Å²) >= 11 is 1.44. The third-order valence-corrected chi connectivity index (χ3v) is 4.98. The molecule has 134 valence electrons. The Bertz CT molecular complexity index is 1060. The standard InChI is InChI=1S/C19H19N3O3S/c1-11-7-12(2)16(13(3)8-11)21-17(23)15-9-20-19(25)22(18(15)24)10-14-5-4-6-26-14/h4-9H,10H2,1-3H3,(H,20,25)(H,21,23). The SMILES string of the molecule is Cc1cc(C)c(NC(=O)c2c[nH]c(=O)n(Cc3cccs3)c2=O)c(C)c1. The van der Waals surface area contributed by atoms with Gasteiger partial charge in [0.2, 0.25) is 0 Å². The van der Waals surface area contributed by atoms with Crippen molar-refractivity contribution in [1.82, 2.24) is 9.55 Å². The molecule has 3 aromatic rings. The van der Waals surface area contributed by atoms with Crippen molar-refractivity contribution in [3.63, 3.8) is 0 Å². The van der Waals surface area contributed by atoms with E-state index in [9.17, 15) is 14.4 Å². The summed E-state index contributed by atoms with van der Waals surface area (Å²) in [6.07, 6.45) is 1.17. The van der Waals surface area contributed by atoms with E-state index in [2.05, 4.69) is 10.3 Å². The zero-order chi connectivity index (χ0) is 18.8. The molecule has 6 nitrogen and oxygen atoms in total. The number of hydrogen-bond acceptors (Lipinski definition) is 4. The number of rotatable bonds is 4. The highest BCUT2D eigenvalue weighted by molar-refractivity contribution is 7.09. The van der Waals surface area contributed by atoms with Crippen molar-refractivity contribution in [2.75, 3.05) is 5.32 Å². The van der Waals surface area contributed by atoms with Crippen LogP contribution in [0.2, 0.25) is 0 Å². The average molecular weight is 369 g/mol. The second-order valence-corrected chi connectivity index (χ2v) is 7.24. The molecule has 2 N–H and O–H groups in total. The number of aromatic nitrogens is 2. The minimum Gasteiger partial charge on any atom is -0.321 e. The van der Waals surface area contributed by atoms with Crippen LogP contribution in [0.3, 0.4) is 0 Å². The largest absolute Gasteiger partial charge is 0.328 e. The summed E-state index contributed by atoms with van der Waals surface area (Å²) < 4.78 is 1.04. The maximum Gasteiger partial charge on any atom is 0.328 e. The Hall–Kier alpha value is -2.93. The Labute approximate surface area is 154 Å². The van der Waals surface area contributed by atoms with E-state index < -0.39 is 17.2 Å². The second-order valence-electron chi connectivity index (χ2n) is 6.21. The van der Waals surface area contributed by atoms with Crippen LogP contribution in [0.15, 0.2) is 45.4 Å². The van der Waals surface area contributed by atoms with Crippen LogP contribution in [0.1, 0.15) is 31.9 Å². The first-order valence-corrected chi connectivity index (χ1v) is 8.99. The van der Waals surface area contributed by atoms with Crippen LogP contribution < -0.4 is 16.6 Å². The molecule has 0 aliphatic heterocycles. The van der Waals surface area contributed by atoms with Gasteiger partial charge in [-0.1, -0.05) is 23.8 Å². The minimum absolute atomic E-state index is 0.0967. The lowest BCUT2D eigenvalue weighted by atomic mass is 10.0. The van der Waals surface area contributed by atoms with E-state index >= 15 is 0 Å². The fraction of sp³-hybridized carbons (Fsp3) is 0.211. The second kappa shape index (κ2) is 7.13. The van der Waals surface area contributed by atoms with Crippen LogP contribution in [-0.4, -0.2) is 15.5 Å². The van der Waals surface area contributed by atoms with Gasteiger partial charge in [0, 0.05) is 16.8 Å². The van der Waals surface area contributed by atoms with E-state index in [0.717, 1.165) is 26.1 Å². The molecule has 0 fully saturated rings. The van der Waals surface area contributed by atoms with Crippen molar-refractivity contribution in [3.05, 3.63) is 83.8 Å². The first-order chi connectivity index (χ1) is 12.4.